The smallest absolute Gasteiger partial charge is 0.305 e. The topological polar surface area (TPSA) is 113 Å². The third kappa shape index (κ3) is 8.87. The van der Waals surface area contributed by atoms with Gasteiger partial charge in [0.1, 0.15) is 6.04 Å². The number of carboxylic acids is 1. The van der Waals surface area contributed by atoms with Crippen LogP contribution in [0, 0.1) is 5.92 Å². The van der Waals surface area contributed by atoms with Crippen molar-refractivity contribution in [3.63, 3.8) is 0 Å². The molecule has 0 bridgehead atoms. The van der Waals surface area contributed by atoms with Gasteiger partial charge in [0.25, 0.3) is 0 Å². The molecule has 0 saturated carbocycles. The molecule has 1 amide bonds. The van der Waals surface area contributed by atoms with Gasteiger partial charge in [-0.25, -0.2) is 13.1 Å². The lowest BCUT2D eigenvalue weighted by Crippen LogP contribution is -2.50. The SMILES string of the molecule is CCC(CC(=O)O)NC(=O)C(CC(C)C)NS(C)(=O)=O. The Balaban J connectivity index is 4.80. The quantitative estimate of drug-likeness (QED) is 0.568. The van der Waals surface area contributed by atoms with E-state index in [1.807, 2.05) is 13.8 Å². The second-order valence-corrected chi connectivity index (χ2v) is 7.06. The van der Waals surface area contributed by atoms with E-state index in [2.05, 4.69) is 10.0 Å². The molecule has 0 fully saturated rings. The highest BCUT2D eigenvalue weighted by Crippen LogP contribution is 2.07. The second-order valence-electron chi connectivity index (χ2n) is 5.28. The number of nitrogens with one attached hydrogen (secondary N) is 2. The lowest BCUT2D eigenvalue weighted by Gasteiger charge is -2.22. The van der Waals surface area contributed by atoms with Crippen molar-refractivity contribution < 1.29 is 23.1 Å². The van der Waals surface area contributed by atoms with Gasteiger partial charge < -0.3 is 10.4 Å². The zero-order chi connectivity index (χ0) is 15.9. The molecule has 0 radical (unpaired) electrons. The van der Waals surface area contributed by atoms with Crippen LogP contribution in [0.1, 0.15) is 40.0 Å². The van der Waals surface area contributed by atoms with Gasteiger partial charge in [-0.05, 0) is 18.8 Å². The van der Waals surface area contributed by atoms with Crippen LogP contribution in [0.5, 0.6) is 0 Å². The summed E-state index contributed by atoms with van der Waals surface area (Å²) in [5.41, 5.74) is 0. The van der Waals surface area contributed by atoms with Gasteiger partial charge in [0, 0.05) is 6.04 Å². The van der Waals surface area contributed by atoms with E-state index in [0.29, 0.717) is 12.8 Å². The Bertz CT molecular complexity index is 433. The van der Waals surface area contributed by atoms with Crippen LogP contribution in [-0.2, 0) is 19.6 Å². The molecule has 3 N–H and O–H groups in total. The minimum Gasteiger partial charge on any atom is -0.481 e. The summed E-state index contributed by atoms with van der Waals surface area (Å²) in [4.78, 5) is 22.7. The standard InChI is InChI=1S/C12H24N2O5S/c1-5-9(7-11(15)16)13-12(17)10(6-8(2)3)14-20(4,18)19/h8-10,14H,5-7H2,1-4H3,(H,13,17)(H,15,16). The molecular formula is C12H24N2O5S. The first-order valence-corrected chi connectivity index (χ1v) is 8.43. The molecule has 0 aromatic rings. The normalized spacial score (nSPS) is 14.8. The predicted molar refractivity (Wildman–Crippen MR) is 75.7 cm³/mol. The van der Waals surface area contributed by atoms with Gasteiger partial charge in [-0.15, -0.1) is 0 Å². The van der Waals surface area contributed by atoms with Crippen molar-refractivity contribution in [3.8, 4) is 0 Å². The fourth-order valence-electron chi connectivity index (χ4n) is 1.75. The Morgan fingerprint density at radius 3 is 2.15 bits per heavy atom. The molecule has 7 nitrogen and oxygen atoms in total. The molecule has 2 atom stereocenters. The maximum absolute atomic E-state index is 12.1. The molecule has 0 aliphatic heterocycles. The van der Waals surface area contributed by atoms with Crippen molar-refractivity contribution in [2.45, 2.75) is 52.1 Å². The monoisotopic (exact) mass is 308 g/mol. The Morgan fingerprint density at radius 1 is 1.25 bits per heavy atom. The number of rotatable bonds is 9. The summed E-state index contributed by atoms with van der Waals surface area (Å²) in [6.07, 6.45) is 1.62. The number of carbonyl (C=O) groups is 2. The van der Waals surface area contributed by atoms with Crippen LogP contribution < -0.4 is 10.0 Å². The number of hydrogen-bond acceptors (Lipinski definition) is 4. The van der Waals surface area contributed by atoms with E-state index in [0.717, 1.165) is 6.26 Å². The molecule has 0 rings (SSSR count). The van der Waals surface area contributed by atoms with Crippen molar-refractivity contribution in [1.29, 1.82) is 0 Å². The van der Waals surface area contributed by atoms with Crippen molar-refractivity contribution in [2.75, 3.05) is 6.26 Å². The van der Waals surface area contributed by atoms with E-state index in [-0.39, 0.29) is 12.3 Å². The molecule has 2 unspecified atom stereocenters. The third-order valence-electron chi connectivity index (χ3n) is 2.64. The summed E-state index contributed by atoms with van der Waals surface area (Å²) >= 11 is 0. The largest absolute Gasteiger partial charge is 0.481 e. The third-order valence-corrected chi connectivity index (χ3v) is 3.35. The molecule has 0 saturated heterocycles. The molecule has 0 aromatic heterocycles. The van der Waals surface area contributed by atoms with Crippen molar-refractivity contribution in [3.05, 3.63) is 0 Å². The number of sulfonamides is 1. The molecule has 20 heavy (non-hydrogen) atoms. The minimum atomic E-state index is -3.51. The van der Waals surface area contributed by atoms with E-state index < -0.39 is 34.0 Å². The van der Waals surface area contributed by atoms with Crippen LogP contribution >= 0.6 is 0 Å². The molecule has 118 valence electrons. The average molecular weight is 308 g/mol. The van der Waals surface area contributed by atoms with E-state index >= 15 is 0 Å². The van der Waals surface area contributed by atoms with Crippen molar-refractivity contribution >= 4 is 21.9 Å². The molecule has 0 aliphatic rings. The van der Waals surface area contributed by atoms with Crippen molar-refractivity contribution in [1.82, 2.24) is 10.0 Å². The van der Waals surface area contributed by atoms with Crippen LogP contribution in [0.3, 0.4) is 0 Å². The van der Waals surface area contributed by atoms with Crippen LogP contribution in [0.2, 0.25) is 0 Å². The molecule has 0 aromatic carbocycles. The van der Waals surface area contributed by atoms with E-state index in [9.17, 15) is 18.0 Å². The zero-order valence-corrected chi connectivity index (χ0v) is 13.2. The van der Waals surface area contributed by atoms with Gasteiger partial charge in [0.2, 0.25) is 15.9 Å². The lowest BCUT2D eigenvalue weighted by molar-refractivity contribution is -0.137. The fourth-order valence-corrected chi connectivity index (χ4v) is 2.47. The van der Waals surface area contributed by atoms with E-state index in [4.69, 9.17) is 5.11 Å². The van der Waals surface area contributed by atoms with Crippen molar-refractivity contribution in [2.24, 2.45) is 5.92 Å². The molecular weight excluding hydrogens is 284 g/mol. The van der Waals surface area contributed by atoms with Gasteiger partial charge in [-0.2, -0.15) is 0 Å². The number of carbonyl (C=O) groups excluding carboxylic acids is 1. The molecule has 0 spiro atoms. The first kappa shape index (κ1) is 18.9. The second kappa shape index (κ2) is 8.21. The maximum Gasteiger partial charge on any atom is 0.305 e. The fraction of sp³-hybridized carbons (Fsp3) is 0.833. The Morgan fingerprint density at radius 2 is 1.80 bits per heavy atom. The Hall–Kier alpha value is -1.15. The average Bonchev–Trinajstić information content (AvgIpc) is 2.23. The highest BCUT2D eigenvalue weighted by Gasteiger charge is 2.25. The van der Waals surface area contributed by atoms with Gasteiger partial charge >= 0.3 is 5.97 Å². The van der Waals surface area contributed by atoms with Gasteiger partial charge in [0.15, 0.2) is 0 Å². The highest BCUT2D eigenvalue weighted by atomic mass is 32.2. The maximum atomic E-state index is 12.1. The molecule has 0 aliphatic carbocycles. The van der Waals surface area contributed by atoms with Crippen LogP contribution in [0.15, 0.2) is 0 Å². The molecule has 0 heterocycles. The number of amides is 1. The Kier molecular flexibility index (Phi) is 7.74. The van der Waals surface area contributed by atoms with Gasteiger partial charge in [-0.3, -0.25) is 9.59 Å². The van der Waals surface area contributed by atoms with Gasteiger partial charge in [-0.1, -0.05) is 20.8 Å². The lowest BCUT2D eigenvalue weighted by atomic mass is 10.0. The van der Waals surface area contributed by atoms with Gasteiger partial charge in [0.05, 0.1) is 12.7 Å². The minimum absolute atomic E-state index is 0.125. The summed E-state index contributed by atoms with van der Waals surface area (Å²) in [6, 6.07) is -1.39. The number of aliphatic carboxylic acids is 1. The summed E-state index contributed by atoms with van der Waals surface area (Å²) in [5, 5.41) is 11.3. The summed E-state index contributed by atoms with van der Waals surface area (Å²) in [6.45, 7) is 5.51. The Labute approximate surface area is 120 Å². The number of hydrogen-bond donors (Lipinski definition) is 3. The van der Waals surface area contributed by atoms with Crippen LogP contribution in [0.4, 0.5) is 0 Å². The zero-order valence-electron chi connectivity index (χ0n) is 12.3. The summed E-state index contributed by atoms with van der Waals surface area (Å²) < 4.78 is 24.8. The summed E-state index contributed by atoms with van der Waals surface area (Å²) in [7, 11) is -3.51. The molecule has 8 heteroatoms. The van der Waals surface area contributed by atoms with Crippen LogP contribution in [0.25, 0.3) is 0 Å². The first-order valence-electron chi connectivity index (χ1n) is 6.54. The van der Waals surface area contributed by atoms with Crippen LogP contribution in [-0.4, -0.2) is 43.7 Å². The van der Waals surface area contributed by atoms with E-state index in [1.165, 1.54) is 0 Å². The summed E-state index contributed by atoms with van der Waals surface area (Å²) in [5.74, 6) is -1.37. The number of carboxylic acid groups (broad SMARTS) is 1. The highest BCUT2D eigenvalue weighted by molar-refractivity contribution is 7.88. The first-order chi connectivity index (χ1) is 9.05. The van der Waals surface area contributed by atoms with E-state index in [1.54, 1.807) is 6.92 Å². The predicted octanol–water partition coefficient (Wildman–Crippen LogP) is 0.320.